The van der Waals surface area contributed by atoms with Gasteiger partial charge in [0.05, 0.1) is 19.3 Å². The molecule has 0 N–H and O–H groups in total. The van der Waals surface area contributed by atoms with Crippen molar-refractivity contribution in [2.45, 2.75) is 24.8 Å². The number of amides is 2. The van der Waals surface area contributed by atoms with Crippen molar-refractivity contribution in [1.29, 1.82) is 0 Å². The fraction of sp³-hybridized carbons (Fsp3) is 0.333. The molecule has 146 valence electrons. The van der Waals surface area contributed by atoms with Crippen LogP contribution in [0.15, 0.2) is 42.5 Å². The summed E-state index contributed by atoms with van der Waals surface area (Å²) in [7, 11) is 1.60. The predicted octanol–water partition coefficient (Wildman–Crippen LogP) is 4.03. The lowest BCUT2D eigenvalue weighted by atomic mass is 10.0. The number of benzene rings is 2. The lowest BCUT2D eigenvalue weighted by Crippen LogP contribution is -2.50. The van der Waals surface area contributed by atoms with Gasteiger partial charge in [-0.05, 0) is 29.8 Å². The van der Waals surface area contributed by atoms with Crippen molar-refractivity contribution in [3.05, 3.63) is 58.6 Å². The quantitative estimate of drug-likeness (QED) is 0.754. The van der Waals surface area contributed by atoms with E-state index in [1.54, 1.807) is 16.9 Å². The monoisotopic (exact) mass is 416 g/mol. The Balaban J connectivity index is 1.85. The summed E-state index contributed by atoms with van der Waals surface area (Å²) in [5.74, 6) is 1.27. The van der Waals surface area contributed by atoms with Crippen molar-refractivity contribution >= 4 is 40.9 Å². The van der Waals surface area contributed by atoms with E-state index in [4.69, 9.17) is 16.3 Å². The van der Waals surface area contributed by atoms with Crippen LogP contribution in [0.25, 0.3) is 0 Å². The van der Waals surface area contributed by atoms with E-state index in [9.17, 15) is 9.59 Å². The number of rotatable bonds is 4. The third-order valence-electron chi connectivity index (χ3n) is 5.29. The maximum absolute atomic E-state index is 13.8. The molecule has 1 spiro atoms. The lowest BCUT2D eigenvalue weighted by Gasteiger charge is -2.33. The summed E-state index contributed by atoms with van der Waals surface area (Å²) in [6, 6.07) is 13.1. The van der Waals surface area contributed by atoms with Gasteiger partial charge >= 0.3 is 0 Å². The van der Waals surface area contributed by atoms with Gasteiger partial charge in [0.2, 0.25) is 5.91 Å². The number of ether oxygens (including phenoxy) is 1. The van der Waals surface area contributed by atoms with E-state index in [1.165, 1.54) is 11.8 Å². The molecule has 0 radical (unpaired) electrons. The highest BCUT2D eigenvalue weighted by Gasteiger charge is 2.59. The molecule has 0 saturated carbocycles. The van der Waals surface area contributed by atoms with Crippen LogP contribution < -0.4 is 9.64 Å². The maximum atomic E-state index is 13.8. The molecule has 0 aliphatic carbocycles. The van der Waals surface area contributed by atoms with Gasteiger partial charge in [-0.15, -0.1) is 11.8 Å². The first-order chi connectivity index (χ1) is 13.5. The molecule has 1 unspecified atom stereocenters. The molecule has 1 fully saturated rings. The van der Waals surface area contributed by atoms with E-state index in [2.05, 4.69) is 0 Å². The first kappa shape index (κ1) is 19.2. The second kappa shape index (κ2) is 7.33. The van der Waals surface area contributed by atoms with E-state index in [1.807, 2.05) is 49.4 Å². The van der Waals surface area contributed by atoms with Crippen LogP contribution in [0, 0.1) is 0 Å². The standard InChI is InChI=1S/C21H21ClN2O3S/c1-3-19(25)24-10-11-28-21(24)16-12-15(27-2)8-9-18(16)23(20(21)26)13-14-6-4-5-7-17(14)22/h4-9,12H,3,10-11,13H2,1-2H3. The Kier molecular flexibility index (Phi) is 5.02. The van der Waals surface area contributed by atoms with E-state index >= 15 is 0 Å². The van der Waals surface area contributed by atoms with Gasteiger partial charge in [0, 0.05) is 29.3 Å². The van der Waals surface area contributed by atoms with Gasteiger partial charge < -0.3 is 14.5 Å². The minimum Gasteiger partial charge on any atom is -0.497 e. The number of methoxy groups -OCH3 is 1. The van der Waals surface area contributed by atoms with Crippen molar-refractivity contribution in [1.82, 2.24) is 4.90 Å². The van der Waals surface area contributed by atoms with Crippen molar-refractivity contribution in [2.24, 2.45) is 0 Å². The van der Waals surface area contributed by atoms with Crippen molar-refractivity contribution in [2.75, 3.05) is 24.3 Å². The van der Waals surface area contributed by atoms with Crippen molar-refractivity contribution < 1.29 is 14.3 Å². The van der Waals surface area contributed by atoms with Gasteiger partial charge in [0.25, 0.3) is 5.91 Å². The van der Waals surface area contributed by atoms with Gasteiger partial charge in [-0.3, -0.25) is 9.59 Å². The summed E-state index contributed by atoms with van der Waals surface area (Å²) in [5.41, 5.74) is 2.48. The molecule has 2 heterocycles. The molecule has 5 nitrogen and oxygen atoms in total. The number of carbonyl (C=O) groups excluding carboxylic acids is 2. The first-order valence-electron chi connectivity index (χ1n) is 9.21. The lowest BCUT2D eigenvalue weighted by molar-refractivity contribution is -0.139. The number of fused-ring (bicyclic) bond motifs is 2. The van der Waals surface area contributed by atoms with Crippen molar-refractivity contribution in [3.63, 3.8) is 0 Å². The molecule has 7 heteroatoms. The zero-order valence-electron chi connectivity index (χ0n) is 15.8. The Morgan fingerprint density at radius 1 is 1.29 bits per heavy atom. The van der Waals surface area contributed by atoms with Gasteiger partial charge in [0.15, 0.2) is 4.87 Å². The van der Waals surface area contributed by atoms with Crippen LogP contribution in [0.2, 0.25) is 5.02 Å². The average Bonchev–Trinajstić information content (AvgIpc) is 3.26. The molecule has 1 atom stereocenters. The highest BCUT2D eigenvalue weighted by Crippen LogP contribution is 2.55. The minimum absolute atomic E-state index is 0.0216. The van der Waals surface area contributed by atoms with E-state index in [-0.39, 0.29) is 11.8 Å². The number of thioether (sulfide) groups is 1. The van der Waals surface area contributed by atoms with Crippen LogP contribution in [0.1, 0.15) is 24.5 Å². The Labute approximate surface area is 173 Å². The molecular weight excluding hydrogens is 396 g/mol. The van der Waals surface area contributed by atoms with Gasteiger partial charge in [0.1, 0.15) is 5.75 Å². The Morgan fingerprint density at radius 2 is 2.07 bits per heavy atom. The normalized spacial score (nSPS) is 20.8. The van der Waals surface area contributed by atoms with Crippen LogP contribution in [0.5, 0.6) is 5.75 Å². The molecule has 2 aliphatic heterocycles. The summed E-state index contributed by atoms with van der Waals surface area (Å²) < 4.78 is 5.41. The highest BCUT2D eigenvalue weighted by atomic mass is 35.5. The number of anilines is 1. The average molecular weight is 417 g/mol. The van der Waals surface area contributed by atoms with E-state index in [0.29, 0.717) is 36.0 Å². The van der Waals surface area contributed by atoms with Gasteiger partial charge in [-0.2, -0.15) is 0 Å². The van der Waals surface area contributed by atoms with Crippen LogP contribution in [0.3, 0.4) is 0 Å². The smallest absolute Gasteiger partial charge is 0.268 e. The summed E-state index contributed by atoms with van der Waals surface area (Å²) in [6.45, 7) is 2.74. The van der Waals surface area contributed by atoms with Gasteiger partial charge in [-0.25, -0.2) is 0 Å². The zero-order chi connectivity index (χ0) is 19.9. The van der Waals surface area contributed by atoms with Crippen LogP contribution in [0.4, 0.5) is 5.69 Å². The Hall–Kier alpha value is -2.18. The summed E-state index contributed by atoms with van der Waals surface area (Å²) in [6.07, 6.45) is 0.361. The Morgan fingerprint density at radius 3 is 2.79 bits per heavy atom. The number of hydrogen-bond donors (Lipinski definition) is 0. The summed E-state index contributed by atoms with van der Waals surface area (Å²) in [4.78, 5) is 28.9. The second-order valence-corrected chi connectivity index (χ2v) is 8.45. The number of nitrogens with zero attached hydrogens (tertiary/aromatic N) is 2. The number of carbonyl (C=O) groups is 2. The van der Waals surface area contributed by atoms with E-state index in [0.717, 1.165) is 16.8 Å². The van der Waals surface area contributed by atoms with Crippen LogP contribution >= 0.6 is 23.4 Å². The third-order valence-corrected chi connectivity index (χ3v) is 7.08. The zero-order valence-corrected chi connectivity index (χ0v) is 17.3. The molecule has 28 heavy (non-hydrogen) atoms. The minimum atomic E-state index is -1.03. The SMILES string of the molecule is CCC(=O)N1CCSC12C(=O)N(Cc1ccccc1Cl)c1ccc(OC)cc12. The molecule has 1 saturated heterocycles. The molecule has 2 aliphatic rings. The molecule has 2 aromatic carbocycles. The number of halogens is 1. The summed E-state index contributed by atoms with van der Waals surface area (Å²) in [5, 5.41) is 0.617. The van der Waals surface area contributed by atoms with E-state index < -0.39 is 4.87 Å². The molecule has 4 rings (SSSR count). The Bertz CT molecular complexity index is 951. The maximum Gasteiger partial charge on any atom is 0.268 e. The number of hydrogen-bond acceptors (Lipinski definition) is 4. The molecule has 0 bridgehead atoms. The topological polar surface area (TPSA) is 49.9 Å². The second-order valence-electron chi connectivity index (χ2n) is 6.76. The molecule has 2 aromatic rings. The molecule has 2 amide bonds. The first-order valence-corrected chi connectivity index (χ1v) is 10.6. The molecular formula is C21H21ClN2O3S. The molecule has 0 aromatic heterocycles. The highest BCUT2D eigenvalue weighted by molar-refractivity contribution is 8.01. The van der Waals surface area contributed by atoms with Crippen LogP contribution in [-0.4, -0.2) is 36.1 Å². The largest absolute Gasteiger partial charge is 0.497 e. The van der Waals surface area contributed by atoms with Crippen molar-refractivity contribution in [3.8, 4) is 5.75 Å². The van der Waals surface area contributed by atoms with Gasteiger partial charge in [-0.1, -0.05) is 36.7 Å². The van der Waals surface area contributed by atoms with Crippen LogP contribution in [-0.2, 0) is 21.0 Å². The fourth-order valence-corrected chi connectivity index (χ4v) is 5.59. The fourth-order valence-electron chi connectivity index (χ4n) is 3.92. The summed E-state index contributed by atoms with van der Waals surface area (Å²) >= 11 is 7.87. The predicted molar refractivity (Wildman–Crippen MR) is 112 cm³/mol. The third kappa shape index (κ3) is 2.78.